The minimum Gasteiger partial charge on any atom is -0.386 e. The fraction of sp³-hybridized carbons (Fsp3) is 0.368. The molecule has 2 heterocycles. The first-order chi connectivity index (χ1) is 13.1. The first kappa shape index (κ1) is 17.8. The van der Waals surface area contributed by atoms with Gasteiger partial charge < -0.3 is 14.9 Å². The second-order valence-corrected chi connectivity index (χ2v) is 7.96. The highest BCUT2D eigenvalue weighted by molar-refractivity contribution is 7.11. The van der Waals surface area contributed by atoms with Crippen molar-refractivity contribution in [3.05, 3.63) is 52.1 Å². The van der Waals surface area contributed by atoms with Crippen LogP contribution < -0.4 is 5.32 Å². The molecule has 2 N–H and O–H groups in total. The van der Waals surface area contributed by atoms with Crippen LogP contribution >= 0.6 is 11.3 Å². The topological polar surface area (TPSA) is 101 Å². The summed E-state index contributed by atoms with van der Waals surface area (Å²) < 4.78 is 5.28. The number of nitrogens with one attached hydrogen (secondary N) is 1. The molecule has 0 saturated heterocycles. The van der Waals surface area contributed by atoms with E-state index in [1.165, 1.54) is 11.3 Å². The third-order valence-corrected chi connectivity index (χ3v) is 5.79. The summed E-state index contributed by atoms with van der Waals surface area (Å²) in [6, 6.07) is 11.4. The zero-order valence-electron chi connectivity index (χ0n) is 14.8. The molecule has 27 heavy (non-hydrogen) atoms. The van der Waals surface area contributed by atoms with Crippen LogP contribution in [0.2, 0.25) is 0 Å². The second kappa shape index (κ2) is 7.58. The lowest BCUT2D eigenvalue weighted by atomic mass is 9.78. The average molecular weight is 384 g/mol. The van der Waals surface area contributed by atoms with Gasteiger partial charge in [-0.3, -0.25) is 4.79 Å². The highest BCUT2D eigenvalue weighted by Crippen LogP contribution is 2.32. The summed E-state index contributed by atoms with van der Waals surface area (Å²) in [7, 11) is 0. The van der Waals surface area contributed by atoms with Gasteiger partial charge in [0.25, 0.3) is 5.91 Å². The van der Waals surface area contributed by atoms with Gasteiger partial charge in [-0.25, -0.2) is 0 Å². The molecule has 1 saturated carbocycles. The van der Waals surface area contributed by atoms with E-state index in [0.29, 0.717) is 22.4 Å². The summed E-state index contributed by atoms with van der Waals surface area (Å²) in [5.74, 6) is 0.844. The number of amides is 1. The van der Waals surface area contributed by atoms with E-state index in [2.05, 4.69) is 20.7 Å². The number of carbonyl (C=O) groups is 1. The Labute approximate surface area is 160 Å². The predicted molar refractivity (Wildman–Crippen MR) is 100 cm³/mol. The molecule has 0 unspecified atom stereocenters. The molecule has 1 atom stereocenters. The van der Waals surface area contributed by atoms with Crippen LogP contribution in [0.5, 0.6) is 0 Å². The molecule has 0 spiro atoms. The SMILES string of the molecule is C[C@H](O)c1nnc(C[C@H]2C[C@@H](NC(=O)c3cc(-c4ccccc4)on3)C2)s1. The highest BCUT2D eigenvalue weighted by atomic mass is 32.1. The van der Waals surface area contributed by atoms with Crippen LogP contribution in [-0.4, -0.2) is 32.4 Å². The van der Waals surface area contributed by atoms with Crippen LogP contribution in [0.3, 0.4) is 0 Å². The Balaban J connectivity index is 1.27. The van der Waals surface area contributed by atoms with Gasteiger partial charge in [-0.15, -0.1) is 10.2 Å². The number of nitrogens with zero attached hydrogens (tertiary/aromatic N) is 3. The third-order valence-electron chi connectivity index (χ3n) is 4.68. The average Bonchev–Trinajstić information content (AvgIpc) is 3.30. The third kappa shape index (κ3) is 4.06. The van der Waals surface area contributed by atoms with Crippen molar-refractivity contribution in [2.75, 3.05) is 0 Å². The minimum atomic E-state index is -0.576. The Kier molecular flexibility index (Phi) is 5.00. The van der Waals surface area contributed by atoms with E-state index >= 15 is 0 Å². The van der Waals surface area contributed by atoms with E-state index < -0.39 is 6.10 Å². The molecule has 4 rings (SSSR count). The molecule has 1 aliphatic carbocycles. The Morgan fingerprint density at radius 3 is 2.81 bits per heavy atom. The van der Waals surface area contributed by atoms with Crippen molar-refractivity contribution in [3.8, 4) is 11.3 Å². The summed E-state index contributed by atoms with van der Waals surface area (Å²) in [5, 5.41) is 26.1. The maximum Gasteiger partial charge on any atom is 0.273 e. The Hall–Kier alpha value is -2.58. The summed E-state index contributed by atoms with van der Waals surface area (Å²) in [5.41, 5.74) is 1.18. The summed E-state index contributed by atoms with van der Waals surface area (Å²) in [6.07, 6.45) is 2.06. The molecule has 2 aromatic heterocycles. The zero-order chi connectivity index (χ0) is 18.8. The standard InChI is InChI=1S/C19H20N4O3S/c1-11(24)19-22-21-17(27-19)9-12-7-14(8-12)20-18(25)15-10-16(26-23-15)13-5-3-2-4-6-13/h2-6,10-12,14,24H,7-9H2,1H3,(H,20,25)/t11-,12-,14+/m0/s1. The molecule has 7 nitrogen and oxygen atoms in total. The normalized spacial score (nSPS) is 20.1. The molecule has 140 valence electrons. The van der Waals surface area contributed by atoms with Crippen molar-refractivity contribution in [3.63, 3.8) is 0 Å². The van der Waals surface area contributed by atoms with Crippen LogP contribution in [0, 0.1) is 5.92 Å². The van der Waals surface area contributed by atoms with Crippen LogP contribution in [0.4, 0.5) is 0 Å². The molecular weight excluding hydrogens is 364 g/mol. The lowest BCUT2D eigenvalue weighted by Gasteiger charge is -2.35. The zero-order valence-corrected chi connectivity index (χ0v) is 15.6. The molecule has 1 aliphatic rings. The van der Waals surface area contributed by atoms with E-state index in [9.17, 15) is 9.90 Å². The molecule has 0 radical (unpaired) electrons. The first-order valence-corrected chi connectivity index (χ1v) is 9.73. The number of benzene rings is 1. The number of carbonyl (C=O) groups excluding carboxylic acids is 1. The van der Waals surface area contributed by atoms with Gasteiger partial charge in [0.05, 0.1) is 0 Å². The van der Waals surface area contributed by atoms with Gasteiger partial charge in [0, 0.05) is 24.1 Å². The van der Waals surface area contributed by atoms with Crippen molar-refractivity contribution in [2.24, 2.45) is 5.92 Å². The van der Waals surface area contributed by atoms with Crippen molar-refractivity contribution in [1.29, 1.82) is 0 Å². The first-order valence-electron chi connectivity index (χ1n) is 8.92. The van der Waals surface area contributed by atoms with Crippen molar-refractivity contribution in [1.82, 2.24) is 20.7 Å². The number of rotatable bonds is 6. The Bertz CT molecular complexity index is 916. The lowest BCUT2D eigenvalue weighted by Crippen LogP contribution is -2.45. The quantitative estimate of drug-likeness (QED) is 0.677. The summed E-state index contributed by atoms with van der Waals surface area (Å²) in [4.78, 5) is 12.4. The Morgan fingerprint density at radius 1 is 1.33 bits per heavy atom. The molecule has 1 amide bonds. The van der Waals surface area contributed by atoms with E-state index in [1.807, 2.05) is 30.3 Å². The van der Waals surface area contributed by atoms with Crippen LogP contribution in [0.25, 0.3) is 11.3 Å². The highest BCUT2D eigenvalue weighted by Gasteiger charge is 2.32. The van der Waals surface area contributed by atoms with Gasteiger partial charge in [-0.2, -0.15) is 0 Å². The lowest BCUT2D eigenvalue weighted by molar-refractivity contribution is 0.0880. The smallest absolute Gasteiger partial charge is 0.273 e. The van der Waals surface area contributed by atoms with E-state index in [4.69, 9.17) is 4.52 Å². The minimum absolute atomic E-state index is 0.142. The number of aliphatic hydroxyl groups is 1. The molecule has 1 fully saturated rings. The second-order valence-electron chi connectivity index (χ2n) is 6.86. The molecule has 8 heteroatoms. The number of aromatic nitrogens is 3. The van der Waals surface area contributed by atoms with E-state index in [-0.39, 0.29) is 11.9 Å². The summed E-state index contributed by atoms with van der Waals surface area (Å²) in [6.45, 7) is 1.69. The van der Waals surface area contributed by atoms with Crippen molar-refractivity contribution >= 4 is 17.2 Å². The largest absolute Gasteiger partial charge is 0.386 e. The number of hydrogen-bond donors (Lipinski definition) is 2. The van der Waals surface area contributed by atoms with E-state index in [0.717, 1.165) is 29.8 Å². The van der Waals surface area contributed by atoms with Gasteiger partial charge in [0.15, 0.2) is 11.5 Å². The van der Waals surface area contributed by atoms with Crippen LogP contribution in [0.1, 0.15) is 46.4 Å². The number of hydrogen-bond acceptors (Lipinski definition) is 7. The fourth-order valence-corrected chi connectivity index (χ4v) is 4.06. The molecular formula is C19H20N4O3S. The van der Waals surface area contributed by atoms with Gasteiger partial charge >= 0.3 is 0 Å². The fourth-order valence-electron chi connectivity index (χ4n) is 3.17. The van der Waals surface area contributed by atoms with Gasteiger partial charge in [0.1, 0.15) is 16.1 Å². The van der Waals surface area contributed by atoms with Crippen molar-refractivity contribution < 1.29 is 14.4 Å². The van der Waals surface area contributed by atoms with Gasteiger partial charge in [-0.05, 0) is 25.7 Å². The van der Waals surface area contributed by atoms with Crippen LogP contribution in [-0.2, 0) is 6.42 Å². The molecule has 1 aromatic carbocycles. The van der Waals surface area contributed by atoms with Crippen molar-refractivity contribution in [2.45, 2.75) is 38.3 Å². The number of aliphatic hydroxyl groups excluding tert-OH is 1. The monoisotopic (exact) mass is 384 g/mol. The van der Waals surface area contributed by atoms with Gasteiger partial charge in [-0.1, -0.05) is 46.8 Å². The van der Waals surface area contributed by atoms with E-state index in [1.54, 1.807) is 13.0 Å². The predicted octanol–water partition coefficient (Wildman–Crippen LogP) is 3.00. The molecule has 0 aliphatic heterocycles. The maximum atomic E-state index is 12.4. The summed E-state index contributed by atoms with van der Waals surface area (Å²) >= 11 is 1.45. The Morgan fingerprint density at radius 2 is 2.11 bits per heavy atom. The molecule has 3 aromatic rings. The molecule has 0 bridgehead atoms. The van der Waals surface area contributed by atoms with Crippen LogP contribution in [0.15, 0.2) is 40.9 Å². The maximum absolute atomic E-state index is 12.4. The van der Waals surface area contributed by atoms with Gasteiger partial charge in [0.2, 0.25) is 0 Å².